The Morgan fingerprint density at radius 1 is 1.22 bits per heavy atom. The Morgan fingerprint density at radius 3 is 2.48 bits per heavy atom. The quantitative estimate of drug-likeness (QED) is 0.353. The van der Waals surface area contributed by atoms with Gasteiger partial charge in [-0.15, -0.1) is 24.0 Å². The summed E-state index contributed by atoms with van der Waals surface area (Å²) < 4.78 is 25.5. The number of benzene rings is 1. The highest BCUT2D eigenvalue weighted by molar-refractivity contribution is 14.0. The molecule has 1 aromatic carbocycles. The number of nitrogens with zero attached hydrogens (tertiary/aromatic N) is 2. The molecule has 1 heterocycles. The summed E-state index contributed by atoms with van der Waals surface area (Å²) >= 11 is 0. The van der Waals surface area contributed by atoms with Gasteiger partial charge in [0, 0.05) is 32.7 Å². The van der Waals surface area contributed by atoms with Gasteiger partial charge in [0.15, 0.2) is 5.96 Å². The minimum atomic E-state index is -3.06. The second-order valence-corrected chi connectivity index (χ2v) is 9.44. The van der Waals surface area contributed by atoms with Gasteiger partial charge in [-0.3, -0.25) is 4.99 Å². The summed E-state index contributed by atoms with van der Waals surface area (Å²) in [4.78, 5) is 4.33. The van der Waals surface area contributed by atoms with Gasteiger partial charge >= 0.3 is 0 Å². The van der Waals surface area contributed by atoms with E-state index in [2.05, 4.69) is 46.0 Å². The molecule has 6 nitrogen and oxygen atoms in total. The molecule has 2 aliphatic rings. The monoisotopic (exact) mass is 506 g/mol. The molecule has 152 valence electrons. The van der Waals surface area contributed by atoms with Crippen LogP contribution in [-0.2, 0) is 10.0 Å². The first kappa shape index (κ1) is 22.4. The van der Waals surface area contributed by atoms with Crippen LogP contribution in [0.2, 0.25) is 0 Å². The lowest BCUT2D eigenvalue weighted by molar-refractivity contribution is 0.306. The van der Waals surface area contributed by atoms with Gasteiger partial charge in [0.25, 0.3) is 0 Å². The first-order chi connectivity index (χ1) is 12.5. The van der Waals surface area contributed by atoms with E-state index in [1.807, 2.05) is 0 Å². The first-order valence-corrected chi connectivity index (χ1v) is 11.1. The van der Waals surface area contributed by atoms with Crippen LogP contribution in [0.3, 0.4) is 0 Å². The van der Waals surface area contributed by atoms with Crippen molar-refractivity contribution in [1.82, 2.24) is 14.9 Å². The minimum Gasteiger partial charge on any atom is -0.356 e. The molecule has 0 radical (unpaired) electrons. The van der Waals surface area contributed by atoms with E-state index in [0.29, 0.717) is 24.9 Å². The molecule has 3 rings (SSSR count). The summed E-state index contributed by atoms with van der Waals surface area (Å²) in [7, 11) is -1.28. The fraction of sp³-hybridized carbons (Fsp3) is 0.632. The van der Waals surface area contributed by atoms with E-state index in [0.717, 1.165) is 25.3 Å². The van der Waals surface area contributed by atoms with Gasteiger partial charge in [-0.1, -0.05) is 30.3 Å². The van der Waals surface area contributed by atoms with Crippen LogP contribution >= 0.6 is 24.0 Å². The van der Waals surface area contributed by atoms with Crippen LogP contribution in [0.1, 0.15) is 37.7 Å². The standard InChI is InChI=1S/C19H30N4O2S.HI/c1-3-26(24,25)23-11-9-17(10-12-23)22-19(20-2)21-14-16-13-18(16)15-7-5-4-6-8-15;/h4-8,16-18H,3,9-14H2,1-2H3,(H2,20,21,22);1H. The second kappa shape index (κ2) is 10.1. The molecule has 1 aliphatic heterocycles. The molecule has 0 amide bonds. The molecular weight excluding hydrogens is 475 g/mol. The number of halogens is 1. The van der Waals surface area contributed by atoms with Crippen molar-refractivity contribution >= 4 is 40.0 Å². The van der Waals surface area contributed by atoms with Gasteiger partial charge in [0.2, 0.25) is 10.0 Å². The van der Waals surface area contributed by atoms with E-state index in [9.17, 15) is 8.42 Å². The largest absolute Gasteiger partial charge is 0.356 e. The highest BCUT2D eigenvalue weighted by Crippen LogP contribution is 2.46. The highest BCUT2D eigenvalue weighted by Gasteiger charge is 2.38. The summed E-state index contributed by atoms with van der Waals surface area (Å²) in [5.41, 5.74) is 1.42. The van der Waals surface area contributed by atoms with E-state index in [1.165, 1.54) is 12.0 Å². The number of nitrogens with one attached hydrogen (secondary N) is 2. The number of aliphatic imine (C=N–C) groups is 1. The average Bonchev–Trinajstić information content (AvgIpc) is 3.46. The van der Waals surface area contributed by atoms with Crippen LogP contribution in [0.4, 0.5) is 0 Å². The lowest BCUT2D eigenvalue weighted by Crippen LogP contribution is -2.50. The van der Waals surface area contributed by atoms with E-state index >= 15 is 0 Å². The zero-order valence-electron chi connectivity index (χ0n) is 16.1. The third kappa shape index (κ3) is 6.05. The lowest BCUT2D eigenvalue weighted by atomic mass is 10.1. The fourth-order valence-electron chi connectivity index (χ4n) is 3.66. The summed E-state index contributed by atoms with van der Waals surface area (Å²) in [5.74, 6) is 2.32. The molecule has 0 bridgehead atoms. The Hall–Kier alpha value is -0.870. The van der Waals surface area contributed by atoms with Gasteiger partial charge in [-0.25, -0.2) is 12.7 Å². The van der Waals surface area contributed by atoms with Gasteiger partial charge in [0.1, 0.15) is 0 Å². The van der Waals surface area contributed by atoms with Crippen molar-refractivity contribution in [3.8, 4) is 0 Å². The Kier molecular flexibility index (Phi) is 8.36. The highest BCUT2D eigenvalue weighted by atomic mass is 127. The van der Waals surface area contributed by atoms with Crippen molar-refractivity contribution in [3.05, 3.63) is 35.9 Å². The van der Waals surface area contributed by atoms with Crippen molar-refractivity contribution < 1.29 is 8.42 Å². The summed E-state index contributed by atoms with van der Waals surface area (Å²) in [5, 5.41) is 6.89. The van der Waals surface area contributed by atoms with Crippen molar-refractivity contribution in [2.75, 3.05) is 32.4 Å². The Morgan fingerprint density at radius 2 is 1.89 bits per heavy atom. The van der Waals surface area contributed by atoms with Crippen molar-refractivity contribution in [2.45, 2.75) is 38.1 Å². The smallest absolute Gasteiger partial charge is 0.213 e. The molecule has 2 unspecified atom stereocenters. The molecular formula is C19H31IN4O2S. The topological polar surface area (TPSA) is 73.8 Å². The van der Waals surface area contributed by atoms with Crippen LogP contribution in [-0.4, -0.2) is 57.2 Å². The van der Waals surface area contributed by atoms with Crippen molar-refractivity contribution in [3.63, 3.8) is 0 Å². The van der Waals surface area contributed by atoms with Gasteiger partial charge in [0.05, 0.1) is 5.75 Å². The molecule has 8 heteroatoms. The van der Waals surface area contributed by atoms with Crippen molar-refractivity contribution in [2.24, 2.45) is 10.9 Å². The van der Waals surface area contributed by atoms with Crippen molar-refractivity contribution in [1.29, 1.82) is 0 Å². The zero-order valence-corrected chi connectivity index (χ0v) is 19.2. The Balaban J connectivity index is 0.00000261. The Bertz CT molecular complexity index is 718. The molecule has 2 N–H and O–H groups in total. The SMILES string of the molecule is CCS(=O)(=O)N1CCC(NC(=NC)NCC2CC2c2ccccc2)CC1.I. The summed E-state index contributed by atoms with van der Waals surface area (Å²) in [6.07, 6.45) is 2.85. The maximum Gasteiger partial charge on any atom is 0.213 e. The van der Waals surface area contributed by atoms with E-state index in [-0.39, 0.29) is 35.8 Å². The molecule has 1 saturated carbocycles. The molecule has 2 fully saturated rings. The predicted octanol–water partition coefficient (Wildman–Crippen LogP) is 2.39. The number of hydrogen-bond donors (Lipinski definition) is 2. The molecule has 1 aromatic rings. The fourth-order valence-corrected chi connectivity index (χ4v) is 4.79. The van der Waals surface area contributed by atoms with Gasteiger partial charge in [-0.2, -0.15) is 0 Å². The maximum atomic E-state index is 11.9. The number of piperidine rings is 1. The molecule has 0 spiro atoms. The normalized spacial score (nSPS) is 24.1. The van der Waals surface area contributed by atoms with E-state index in [1.54, 1.807) is 18.3 Å². The van der Waals surface area contributed by atoms with Crippen LogP contribution in [0.15, 0.2) is 35.3 Å². The van der Waals surface area contributed by atoms with Crippen LogP contribution < -0.4 is 10.6 Å². The number of sulfonamides is 1. The molecule has 0 aromatic heterocycles. The second-order valence-electron chi connectivity index (χ2n) is 7.18. The molecule has 27 heavy (non-hydrogen) atoms. The van der Waals surface area contributed by atoms with E-state index in [4.69, 9.17) is 0 Å². The number of guanidine groups is 1. The maximum absolute atomic E-state index is 11.9. The number of rotatable bonds is 6. The predicted molar refractivity (Wildman–Crippen MR) is 121 cm³/mol. The number of hydrogen-bond acceptors (Lipinski definition) is 3. The molecule has 2 atom stereocenters. The molecule has 1 saturated heterocycles. The van der Waals surface area contributed by atoms with Gasteiger partial charge in [-0.05, 0) is 43.6 Å². The Labute approximate surface area is 180 Å². The minimum absolute atomic E-state index is 0. The van der Waals surface area contributed by atoms with Crippen LogP contribution in [0.5, 0.6) is 0 Å². The first-order valence-electron chi connectivity index (χ1n) is 9.53. The third-order valence-corrected chi connectivity index (χ3v) is 7.34. The lowest BCUT2D eigenvalue weighted by Gasteiger charge is -2.32. The third-order valence-electron chi connectivity index (χ3n) is 5.46. The van der Waals surface area contributed by atoms with Crippen LogP contribution in [0.25, 0.3) is 0 Å². The van der Waals surface area contributed by atoms with Crippen LogP contribution in [0, 0.1) is 5.92 Å². The van der Waals surface area contributed by atoms with Gasteiger partial charge < -0.3 is 10.6 Å². The summed E-state index contributed by atoms with van der Waals surface area (Å²) in [6.45, 7) is 3.79. The average molecular weight is 506 g/mol. The summed E-state index contributed by atoms with van der Waals surface area (Å²) in [6, 6.07) is 10.9. The molecule has 1 aliphatic carbocycles. The zero-order chi connectivity index (χ0) is 18.6. The van der Waals surface area contributed by atoms with E-state index < -0.39 is 10.0 Å².